The van der Waals surface area contributed by atoms with Gasteiger partial charge in [-0.05, 0) is 18.2 Å². The Morgan fingerprint density at radius 1 is 1.33 bits per heavy atom. The van der Waals surface area contributed by atoms with Gasteiger partial charge in [0.05, 0.1) is 22.9 Å². The molecule has 0 atom stereocenters. The highest BCUT2D eigenvalue weighted by atomic mass is 35.5. The number of carboxylic acids is 1. The molecule has 0 fully saturated rings. The van der Waals surface area contributed by atoms with E-state index in [2.05, 4.69) is 4.72 Å². The maximum atomic E-state index is 11.8. The normalized spacial score (nSPS) is 11.0. The van der Waals surface area contributed by atoms with E-state index >= 15 is 0 Å². The standard InChI is InChI=1S/C12H15ClN2O5S/c1-15(2)12(18)8-3-4-9(13)10(7-8)14-21(19,20)6-5-11(16)17/h3-4,7,14H,5-6H2,1-2H3,(H,16,17). The van der Waals surface area contributed by atoms with Crippen molar-refractivity contribution in [2.24, 2.45) is 0 Å². The zero-order chi connectivity index (χ0) is 16.2. The van der Waals surface area contributed by atoms with E-state index in [9.17, 15) is 18.0 Å². The molecule has 0 aliphatic rings. The minimum atomic E-state index is -3.86. The number of nitrogens with zero attached hydrogens (tertiary/aromatic N) is 1. The highest BCUT2D eigenvalue weighted by molar-refractivity contribution is 7.92. The third-order valence-corrected chi connectivity index (χ3v) is 4.07. The van der Waals surface area contributed by atoms with Crippen LogP contribution >= 0.6 is 11.6 Å². The largest absolute Gasteiger partial charge is 0.481 e. The van der Waals surface area contributed by atoms with Crippen LogP contribution in [0.5, 0.6) is 0 Å². The van der Waals surface area contributed by atoms with E-state index in [1.54, 1.807) is 14.1 Å². The molecule has 0 bridgehead atoms. The van der Waals surface area contributed by atoms with E-state index < -0.39 is 28.2 Å². The van der Waals surface area contributed by atoms with Gasteiger partial charge in [-0.2, -0.15) is 0 Å². The van der Waals surface area contributed by atoms with Gasteiger partial charge in [-0.1, -0.05) is 11.6 Å². The number of halogens is 1. The van der Waals surface area contributed by atoms with Gasteiger partial charge in [0.15, 0.2) is 0 Å². The van der Waals surface area contributed by atoms with Crippen LogP contribution in [0.4, 0.5) is 5.69 Å². The number of anilines is 1. The molecule has 0 radical (unpaired) electrons. The Balaban J connectivity index is 3.00. The Hall–Kier alpha value is -1.80. The van der Waals surface area contributed by atoms with Crippen molar-refractivity contribution in [1.82, 2.24) is 4.90 Å². The Morgan fingerprint density at radius 2 is 1.95 bits per heavy atom. The Morgan fingerprint density at radius 3 is 2.48 bits per heavy atom. The second-order valence-electron chi connectivity index (χ2n) is 4.46. The fraction of sp³-hybridized carbons (Fsp3) is 0.333. The molecular formula is C12H15ClN2O5S. The molecule has 1 amide bonds. The molecule has 0 spiro atoms. The highest BCUT2D eigenvalue weighted by Crippen LogP contribution is 2.24. The van der Waals surface area contributed by atoms with E-state index in [-0.39, 0.29) is 22.2 Å². The number of carbonyl (C=O) groups excluding carboxylic acids is 1. The van der Waals surface area contributed by atoms with Crippen LogP contribution in [0.25, 0.3) is 0 Å². The van der Waals surface area contributed by atoms with Crippen molar-refractivity contribution in [2.45, 2.75) is 6.42 Å². The number of hydrogen-bond acceptors (Lipinski definition) is 4. The highest BCUT2D eigenvalue weighted by Gasteiger charge is 2.16. The minimum Gasteiger partial charge on any atom is -0.481 e. The molecule has 1 rings (SSSR count). The number of amides is 1. The molecule has 7 nitrogen and oxygen atoms in total. The number of hydrogen-bond donors (Lipinski definition) is 2. The first kappa shape index (κ1) is 17.3. The van der Waals surface area contributed by atoms with Crippen LogP contribution in [-0.2, 0) is 14.8 Å². The van der Waals surface area contributed by atoms with E-state index in [4.69, 9.17) is 16.7 Å². The van der Waals surface area contributed by atoms with Gasteiger partial charge in [-0.3, -0.25) is 14.3 Å². The Kier molecular flexibility index (Phi) is 5.56. The average Bonchev–Trinajstić information content (AvgIpc) is 2.38. The molecule has 0 aliphatic heterocycles. The molecule has 9 heteroatoms. The van der Waals surface area contributed by atoms with E-state index in [1.807, 2.05) is 0 Å². The van der Waals surface area contributed by atoms with Crippen LogP contribution in [0.15, 0.2) is 18.2 Å². The molecule has 0 saturated carbocycles. The Bertz CT molecular complexity index is 658. The molecule has 0 aliphatic carbocycles. The van der Waals surface area contributed by atoms with Crippen molar-refractivity contribution in [3.05, 3.63) is 28.8 Å². The maximum absolute atomic E-state index is 11.8. The zero-order valence-corrected chi connectivity index (χ0v) is 13.0. The lowest BCUT2D eigenvalue weighted by Gasteiger charge is -2.13. The lowest BCUT2D eigenvalue weighted by molar-refractivity contribution is -0.136. The third-order valence-electron chi connectivity index (χ3n) is 2.47. The summed E-state index contributed by atoms with van der Waals surface area (Å²) in [5.74, 6) is -2.11. The van der Waals surface area contributed by atoms with Crippen LogP contribution < -0.4 is 4.72 Å². The van der Waals surface area contributed by atoms with Crippen LogP contribution in [-0.4, -0.2) is 50.1 Å². The molecule has 0 saturated heterocycles. The van der Waals surface area contributed by atoms with Crippen molar-refractivity contribution >= 4 is 39.2 Å². The van der Waals surface area contributed by atoms with Gasteiger partial charge in [-0.15, -0.1) is 0 Å². The monoisotopic (exact) mass is 334 g/mol. The predicted octanol–water partition coefficient (Wildman–Crippen LogP) is 1.26. The van der Waals surface area contributed by atoms with Gasteiger partial charge in [-0.25, -0.2) is 8.42 Å². The van der Waals surface area contributed by atoms with Crippen molar-refractivity contribution in [3.8, 4) is 0 Å². The fourth-order valence-corrected chi connectivity index (χ4v) is 2.71. The lowest BCUT2D eigenvalue weighted by atomic mass is 10.2. The molecule has 0 aromatic heterocycles. The lowest BCUT2D eigenvalue weighted by Crippen LogP contribution is -2.22. The number of rotatable bonds is 6. The zero-order valence-electron chi connectivity index (χ0n) is 11.5. The van der Waals surface area contributed by atoms with Crippen molar-refractivity contribution < 1.29 is 23.1 Å². The third kappa shape index (κ3) is 5.24. The summed E-state index contributed by atoms with van der Waals surface area (Å²) in [6.45, 7) is 0. The summed E-state index contributed by atoms with van der Waals surface area (Å²) in [5.41, 5.74) is 0.301. The minimum absolute atomic E-state index is 0.0368. The number of sulfonamides is 1. The van der Waals surface area contributed by atoms with Gasteiger partial charge < -0.3 is 10.0 Å². The average molecular weight is 335 g/mol. The second-order valence-corrected chi connectivity index (χ2v) is 6.71. The first-order chi connectivity index (χ1) is 9.62. The fourth-order valence-electron chi connectivity index (χ4n) is 1.43. The molecule has 116 valence electrons. The number of carbonyl (C=O) groups is 2. The SMILES string of the molecule is CN(C)C(=O)c1ccc(Cl)c(NS(=O)(=O)CCC(=O)O)c1. The summed E-state index contributed by atoms with van der Waals surface area (Å²) >= 11 is 5.88. The molecule has 2 N–H and O–H groups in total. The summed E-state index contributed by atoms with van der Waals surface area (Å²) in [6, 6.07) is 4.18. The predicted molar refractivity (Wildman–Crippen MR) is 79.1 cm³/mol. The molecular weight excluding hydrogens is 320 g/mol. The van der Waals surface area contributed by atoms with Crippen molar-refractivity contribution in [1.29, 1.82) is 0 Å². The van der Waals surface area contributed by atoms with Gasteiger partial charge in [0, 0.05) is 19.7 Å². The van der Waals surface area contributed by atoms with Crippen LogP contribution in [0.2, 0.25) is 5.02 Å². The first-order valence-electron chi connectivity index (χ1n) is 5.86. The van der Waals surface area contributed by atoms with Crippen LogP contribution in [0.1, 0.15) is 16.8 Å². The van der Waals surface area contributed by atoms with E-state index in [1.165, 1.54) is 23.1 Å². The van der Waals surface area contributed by atoms with Gasteiger partial charge in [0.1, 0.15) is 0 Å². The quantitative estimate of drug-likeness (QED) is 0.815. The second kappa shape index (κ2) is 6.77. The summed E-state index contributed by atoms with van der Waals surface area (Å²) in [6.07, 6.45) is -0.525. The molecule has 1 aromatic carbocycles. The topological polar surface area (TPSA) is 104 Å². The summed E-state index contributed by atoms with van der Waals surface area (Å²) < 4.78 is 25.7. The summed E-state index contributed by atoms with van der Waals surface area (Å²) in [7, 11) is -0.729. The summed E-state index contributed by atoms with van der Waals surface area (Å²) in [4.78, 5) is 23.6. The maximum Gasteiger partial charge on any atom is 0.304 e. The molecule has 1 aromatic rings. The van der Waals surface area contributed by atoms with E-state index in [0.29, 0.717) is 0 Å². The van der Waals surface area contributed by atoms with Gasteiger partial charge in [0.25, 0.3) is 5.91 Å². The number of benzene rings is 1. The van der Waals surface area contributed by atoms with Crippen molar-refractivity contribution in [3.63, 3.8) is 0 Å². The molecule has 0 unspecified atom stereocenters. The number of aliphatic carboxylic acids is 1. The number of carboxylic acid groups (broad SMARTS) is 1. The first-order valence-corrected chi connectivity index (χ1v) is 7.89. The summed E-state index contributed by atoms with van der Waals surface area (Å²) in [5, 5.41) is 8.62. The van der Waals surface area contributed by atoms with Crippen LogP contribution in [0, 0.1) is 0 Å². The van der Waals surface area contributed by atoms with Crippen LogP contribution in [0.3, 0.4) is 0 Å². The van der Waals surface area contributed by atoms with Gasteiger partial charge in [0.2, 0.25) is 10.0 Å². The smallest absolute Gasteiger partial charge is 0.304 e. The van der Waals surface area contributed by atoms with Gasteiger partial charge >= 0.3 is 5.97 Å². The van der Waals surface area contributed by atoms with Crippen molar-refractivity contribution in [2.75, 3.05) is 24.6 Å². The number of nitrogens with one attached hydrogen (secondary N) is 1. The molecule has 21 heavy (non-hydrogen) atoms. The Labute approximate surface area is 127 Å². The van der Waals surface area contributed by atoms with E-state index in [0.717, 1.165) is 0 Å². The molecule has 0 heterocycles.